The van der Waals surface area contributed by atoms with Crippen molar-refractivity contribution in [2.75, 3.05) is 18.0 Å². The van der Waals surface area contributed by atoms with Crippen molar-refractivity contribution in [3.8, 4) is 0 Å². The van der Waals surface area contributed by atoms with Gasteiger partial charge in [0.15, 0.2) is 11.6 Å². The molecule has 8 heteroatoms. The molecule has 1 saturated heterocycles. The molecular weight excluding hydrogens is 383 g/mol. The second-order valence-corrected chi connectivity index (χ2v) is 7.34. The van der Waals surface area contributed by atoms with Crippen molar-refractivity contribution >= 4 is 29.4 Å². The minimum atomic E-state index is -0.659. The summed E-state index contributed by atoms with van der Waals surface area (Å²) >= 11 is 0. The third-order valence-electron chi connectivity index (χ3n) is 4.80. The van der Waals surface area contributed by atoms with E-state index in [-0.39, 0.29) is 23.9 Å². The molecule has 0 amide bonds. The summed E-state index contributed by atoms with van der Waals surface area (Å²) in [5.41, 5.74) is 8.64. The lowest BCUT2D eigenvalue weighted by Gasteiger charge is -2.35. The molecule has 1 aromatic heterocycles. The second-order valence-electron chi connectivity index (χ2n) is 7.34. The van der Waals surface area contributed by atoms with Crippen LogP contribution in [-0.4, -0.2) is 47.3 Å². The number of amidine groups is 1. The Morgan fingerprint density at radius 1 is 1.30 bits per heavy atom. The van der Waals surface area contributed by atoms with Gasteiger partial charge in [0.25, 0.3) is 0 Å². The van der Waals surface area contributed by atoms with Gasteiger partial charge in [-0.05, 0) is 37.5 Å². The lowest BCUT2D eigenvalue weighted by molar-refractivity contribution is -0.00572. The number of nitrogens with one attached hydrogen (secondary N) is 1. The highest BCUT2D eigenvalue weighted by atomic mass is 19.1. The Balaban J connectivity index is 1.87. The van der Waals surface area contributed by atoms with E-state index in [9.17, 15) is 4.39 Å². The van der Waals surface area contributed by atoms with Crippen molar-refractivity contribution in [1.29, 1.82) is 5.41 Å². The van der Waals surface area contributed by atoms with Crippen LogP contribution >= 0.6 is 0 Å². The molecule has 0 unspecified atom stereocenters. The van der Waals surface area contributed by atoms with Gasteiger partial charge in [0.2, 0.25) is 5.95 Å². The predicted molar refractivity (Wildman–Crippen MR) is 118 cm³/mol. The Hall–Kier alpha value is -3.13. The lowest BCUT2D eigenvalue weighted by atomic mass is 10.0. The van der Waals surface area contributed by atoms with Crippen LogP contribution < -0.4 is 10.6 Å². The molecule has 3 rings (SSSR count). The van der Waals surface area contributed by atoms with Gasteiger partial charge in [-0.1, -0.05) is 31.2 Å². The van der Waals surface area contributed by atoms with Crippen LogP contribution in [0.15, 0.2) is 41.5 Å². The largest absolute Gasteiger partial charge is 0.384 e. The van der Waals surface area contributed by atoms with Crippen LogP contribution in [0.1, 0.15) is 31.9 Å². The molecule has 30 heavy (non-hydrogen) atoms. The molecule has 2 aromatic rings. The molecule has 0 saturated carbocycles. The molecule has 0 radical (unpaired) electrons. The SMILES string of the molecule is CCc1ccc(/C(C=N)=C/C(N)=Nc2nc(N3C[C@@H](C)O[C@@H](C)C3)ncc2F)cc1. The summed E-state index contributed by atoms with van der Waals surface area (Å²) in [5.74, 6) is -0.351. The number of hydrogen-bond donors (Lipinski definition) is 2. The van der Waals surface area contributed by atoms with E-state index in [1.807, 2.05) is 43.0 Å². The van der Waals surface area contributed by atoms with E-state index >= 15 is 0 Å². The molecule has 158 valence electrons. The van der Waals surface area contributed by atoms with Crippen LogP contribution in [0.3, 0.4) is 0 Å². The highest BCUT2D eigenvalue weighted by Gasteiger charge is 2.24. The van der Waals surface area contributed by atoms with Gasteiger partial charge in [0, 0.05) is 24.9 Å². The number of hydrogen-bond acceptors (Lipinski definition) is 6. The fraction of sp³-hybridized carbons (Fsp3) is 0.364. The summed E-state index contributed by atoms with van der Waals surface area (Å²) in [7, 11) is 0. The molecular formula is C22H27FN6O. The van der Waals surface area contributed by atoms with Gasteiger partial charge in [-0.25, -0.2) is 14.4 Å². The van der Waals surface area contributed by atoms with Crippen LogP contribution in [-0.2, 0) is 11.2 Å². The molecule has 0 bridgehead atoms. The maximum absolute atomic E-state index is 14.3. The first-order valence-corrected chi connectivity index (χ1v) is 9.98. The van der Waals surface area contributed by atoms with Gasteiger partial charge in [0.05, 0.1) is 18.4 Å². The minimum Gasteiger partial charge on any atom is -0.384 e. The van der Waals surface area contributed by atoms with Gasteiger partial charge < -0.3 is 20.8 Å². The first-order chi connectivity index (χ1) is 14.4. The first-order valence-electron chi connectivity index (χ1n) is 9.98. The zero-order valence-electron chi connectivity index (χ0n) is 17.5. The Morgan fingerprint density at radius 3 is 2.57 bits per heavy atom. The van der Waals surface area contributed by atoms with Crippen LogP contribution in [0.5, 0.6) is 0 Å². The van der Waals surface area contributed by atoms with E-state index in [2.05, 4.69) is 21.9 Å². The van der Waals surface area contributed by atoms with Gasteiger partial charge in [-0.15, -0.1) is 0 Å². The summed E-state index contributed by atoms with van der Waals surface area (Å²) < 4.78 is 20.0. The van der Waals surface area contributed by atoms with Crippen molar-refractivity contribution in [1.82, 2.24) is 9.97 Å². The summed E-state index contributed by atoms with van der Waals surface area (Å²) in [5, 5.41) is 7.69. The molecule has 7 nitrogen and oxygen atoms in total. The normalized spacial score (nSPS) is 20.3. The van der Waals surface area contributed by atoms with Crippen molar-refractivity contribution < 1.29 is 9.13 Å². The molecule has 1 fully saturated rings. The second kappa shape index (κ2) is 9.58. The van der Waals surface area contributed by atoms with Crippen molar-refractivity contribution in [2.24, 2.45) is 10.7 Å². The van der Waals surface area contributed by atoms with E-state index in [0.29, 0.717) is 24.6 Å². The van der Waals surface area contributed by atoms with E-state index in [4.69, 9.17) is 15.9 Å². The molecule has 1 aliphatic rings. The smallest absolute Gasteiger partial charge is 0.227 e. The monoisotopic (exact) mass is 410 g/mol. The standard InChI is InChI=1S/C22H27FN6O/c1-4-16-5-7-17(8-6-16)18(10-24)9-20(25)27-21-19(23)11-26-22(28-21)29-12-14(2)30-15(3)13-29/h5-11,14-15,24H,4,12-13H2,1-3H3,(H2,25,26,27,28)/b18-9+,24-10?/t14-,15+. The van der Waals surface area contributed by atoms with Crippen LogP contribution in [0, 0.1) is 11.2 Å². The number of anilines is 1. The van der Waals surface area contributed by atoms with E-state index < -0.39 is 5.82 Å². The van der Waals surface area contributed by atoms with Gasteiger partial charge >= 0.3 is 0 Å². The number of nitrogens with two attached hydrogens (primary N) is 1. The van der Waals surface area contributed by atoms with Gasteiger partial charge in [-0.2, -0.15) is 4.98 Å². The van der Waals surface area contributed by atoms with Crippen molar-refractivity contribution in [2.45, 2.75) is 39.4 Å². The molecule has 1 aliphatic heterocycles. The third kappa shape index (κ3) is 5.27. The summed E-state index contributed by atoms with van der Waals surface area (Å²) in [6, 6.07) is 7.85. The fourth-order valence-corrected chi connectivity index (χ4v) is 3.38. The maximum Gasteiger partial charge on any atom is 0.227 e. The van der Waals surface area contributed by atoms with E-state index in [0.717, 1.165) is 18.2 Å². The number of rotatable bonds is 6. The molecule has 0 spiro atoms. The Morgan fingerprint density at radius 2 is 1.97 bits per heavy atom. The van der Waals surface area contributed by atoms with Crippen molar-refractivity contribution in [3.63, 3.8) is 0 Å². The fourth-order valence-electron chi connectivity index (χ4n) is 3.38. The highest BCUT2D eigenvalue weighted by Crippen LogP contribution is 2.22. The zero-order chi connectivity index (χ0) is 21.7. The minimum absolute atomic E-state index is 0.0246. The number of benzene rings is 1. The number of nitrogens with zero attached hydrogens (tertiary/aromatic N) is 4. The number of aryl methyl sites for hydroxylation is 1. The zero-order valence-corrected chi connectivity index (χ0v) is 17.5. The highest BCUT2D eigenvalue weighted by molar-refractivity contribution is 6.15. The average Bonchev–Trinajstić information content (AvgIpc) is 2.73. The lowest BCUT2D eigenvalue weighted by Crippen LogP contribution is -2.46. The number of morpholine rings is 1. The van der Waals surface area contributed by atoms with Crippen LogP contribution in [0.2, 0.25) is 0 Å². The molecule has 2 heterocycles. The summed E-state index contributed by atoms with van der Waals surface area (Å²) in [4.78, 5) is 14.4. The predicted octanol–water partition coefficient (Wildman–Crippen LogP) is 3.51. The molecule has 0 aliphatic carbocycles. The Kier molecular flexibility index (Phi) is 6.89. The maximum atomic E-state index is 14.3. The topological polar surface area (TPSA) is 100 Å². The molecule has 3 N–H and O–H groups in total. The number of aliphatic imine (C=N–C) groups is 1. The molecule has 2 atom stereocenters. The summed E-state index contributed by atoms with van der Waals surface area (Å²) in [6.45, 7) is 7.25. The van der Waals surface area contributed by atoms with Gasteiger partial charge in [-0.3, -0.25) is 0 Å². The summed E-state index contributed by atoms with van der Waals surface area (Å²) in [6.07, 6.45) is 4.82. The van der Waals surface area contributed by atoms with E-state index in [1.165, 1.54) is 17.9 Å². The third-order valence-corrected chi connectivity index (χ3v) is 4.80. The molecule has 1 aromatic carbocycles. The van der Waals surface area contributed by atoms with Crippen molar-refractivity contribution in [3.05, 3.63) is 53.5 Å². The number of halogens is 1. The van der Waals surface area contributed by atoms with Gasteiger partial charge in [0.1, 0.15) is 5.84 Å². The number of allylic oxidation sites excluding steroid dienone is 1. The Bertz CT molecular complexity index is 947. The average molecular weight is 410 g/mol. The number of ether oxygens (including phenoxy) is 1. The van der Waals surface area contributed by atoms with E-state index in [1.54, 1.807) is 0 Å². The quantitative estimate of drug-likeness (QED) is 0.561. The van der Waals surface area contributed by atoms with Crippen LogP contribution in [0.4, 0.5) is 16.2 Å². The number of aromatic nitrogens is 2. The first kappa shape index (κ1) is 21.6. The van der Waals surface area contributed by atoms with Crippen LogP contribution in [0.25, 0.3) is 5.57 Å². The Labute approximate surface area is 176 Å².